The Labute approximate surface area is 215 Å². The predicted molar refractivity (Wildman–Crippen MR) is 140 cm³/mol. The predicted octanol–water partition coefficient (Wildman–Crippen LogP) is 3.55. The van der Waals surface area contributed by atoms with E-state index in [1.807, 2.05) is 44.2 Å². The number of nitrogens with zero attached hydrogens (tertiary/aromatic N) is 6. The molecule has 0 amide bonds. The van der Waals surface area contributed by atoms with Crippen molar-refractivity contribution in [2.24, 2.45) is 0 Å². The van der Waals surface area contributed by atoms with Gasteiger partial charge in [0.25, 0.3) is 0 Å². The highest BCUT2D eigenvalue weighted by atomic mass is 32.2. The van der Waals surface area contributed by atoms with E-state index in [1.54, 1.807) is 17.4 Å². The molecular formula is C26H30N6O4S. The molecule has 1 atom stereocenters. The number of rotatable bonds is 5. The van der Waals surface area contributed by atoms with Crippen molar-refractivity contribution in [3.63, 3.8) is 0 Å². The number of aromatic nitrogens is 4. The number of aryl methyl sites for hydroxylation is 2. The van der Waals surface area contributed by atoms with Crippen molar-refractivity contribution in [2.45, 2.75) is 33.2 Å². The van der Waals surface area contributed by atoms with Gasteiger partial charge in [-0.05, 0) is 51.5 Å². The van der Waals surface area contributed by atoms with E-state index in [0.29, 0.717) is 32.8 Å². The zero-order valence-corrected chi connectivity index (χ0v) is 22.0. The number of anilines is 1. The quantitative estimate of drug-likeness (QED) is 0.392. The Bertz CT molecular complexity index is 1540. The van der Waals surface area contributed by atoms with E-state index >= 15 is 0 Å². The normalized spacial score (nSPS) is 18.7. The lowest BCUT2D eigenvalue weighted by atomic mass is 10.0. The average Bonchev–Trinajstić information content (AvgIpc) is 3.34. The molecule has 0 bridgehead atoms. The lowest BCUT2D eigenvalue weighted by Crippen LogP contribution is -2.37. The zero-order valence-electron chi connectivity index (χ0n) is 21.2. The van der Waals surface area contributed by atoms with Crippen LogP contribution in [-0.4, -0.2) is 71.0 Å². The SMILES string of the molecule is CCS(=O)(=O)N1CCCN(c2nc3ccc(-c4c(C)noc4C)c4c3n2C(c2ccccn2)CO4)CC1. The first-order valence-electron chi connectivity index (χ1n) is 12.6. The number of hydrogen-bond acceptors (Lipinski definition) is 8. The Balaban J connectivity index is 1.51. The molecule has 0 spiro atoms. The summed E-state index contributed by atoms with van der Waals surface area (Å²) in [6, 6.07) is 9.74. The second-order valence-electron chi connectivity index (χ2n) is 9.51. The van der Waals surface area contributed by atoms with Crippen molar-refractivity contribution in [1.29, 1.82) is 0 Å². The first kappa shape index (κ1) is 23.9. The van der Waals surface area contributed by atoms with Crippen LogP contribution in [-0.2, 0) is 10.0 Å². The lowest BCUT2D eigenvalue weighted by Gasteiger charge is -2.31. The summed E-state index contributed by atoms with van der Waals surface area (Å²) in [4.78, 5) is 11.9. The summed E-state index contributed by atoms with van der Waals surface area (Å²) in [6.45, 7) is 8.14. The fourth-order valence-corrected chi connectivity index (χ4v) is 6.59. The van der Waals surface area contributed by atoms with Gasteiger partial charge in [-0.2, -0.15) is 0 Å². The van der Waals surface area contributed by atoms with Crippen LogP contribution < -0.4 is 9.64 Å². The largest absolute Gasteiger partial charge is 0.488 e. The van der Waals surface area contributed by atoms with Crippen molar-refractivity contribution < 1.29 is 17.7 Å². The first-order valence-corrected chi connectivity index (χ1v) is 14.2. The second-order valence-corrected chi connectivity index (χ2v) is 11.8. The van der Waals surface area contributed by atoms with Crippen molar-refractivity contribution in [2.75, 3.05) is 43.4 Å². The van der Waals surface area contributed by atoms with Crippen LogP contribution in [0.4, 0.5) is 5.95 Å². The molecular weight excluding hydrogens is 492 g/mol. The summed E-state index contributed by atoms with van der Waals surface area (Å²) in [5.74, 6) is 2.41. The molecule has 0 radical (unpaired) electrons. The van der Waals surface area contributed by atoms with Gasteiger partial charge in [0.15, 0.2) is 5.75 Å². The van der Waals surface area contributed by atoms with Crippen LogP contribution in [0.3, 0.4) is 0 Å². The molecule has 11 heteroatoms. The molecule has 2 aliphatic rings. The number of imidazole rings is 1. The van der Waals surface area contributed by atoms with Crippen LogP contribution >= 0.6 is 0 Å². The molecule has 4 aromatic rings. The van der Waals surface area contributed by atoms with Gasteiger partial charge in [0.2, 0.25) is 16.0 Å². The van der Waals surface area contributed by atoms with Gasteiger partial charge in [0.1, 0.15) is 23.9 Å². The molecule has 5 heterocycles. The molecule has 1 saturated heterocycles. The molecule has 194 valence electrons. The molecule has 0 aliphatic carbocycles. The minimum atomic E-state index is -3.24. The van der Waals surface area contributed by atoms with Gasteiger partial charge in [-0.25, -0.2) is 17.7 Å². The molecule has 0 N–H and O–H groups in total. The van der Waals surface area contributed by atoms with Crippen LogP contribution in [0.15, 0.2) is 41.1 Å². The van der Waals surface area contributed by atoms with E-state index in [9.17, 15) is 8.42 Å². The van der Waals surface area contributed by atoms with Crippen LogP contribution in [0.2, 0.25) is 0 Å². The average molecular weight is 523 g/mol. The molecule has 0 saturated carbocycles. The maximum atomic E-state index is 12.6. The van der Waals surface area contributed by atoms with Crippen molar-refractivity contribution in [1.82, 2.24) is 24.0 Å². The molecule has 1 unspecified atom stereocenters. The van der Waals surface area contributed by atoms with Crippen molar-refractivity contribution in [3.8, 4) is 16.9 Å². The van der Waals surface area contributed by atoms with Gasteiger partial charge in [0, 0.05) is 37.9 Å². The van der Waals surface area contributed by atoms with Crippen LogP contribution in [0.25, 0.3) is 22.2 Å². The Kier molecular flexibility index (Phi) is 5.91. The maximum absolute atomic E-state index is 12.6. The summed E-state index contributed by atoms with van der Waals surface area (Å²) in [5, 5.41) is 4.15. The van der Waals surface area contributed by atoms with Crippen molar-refractivity contribution in [3.05, 3.63) is 53.7 Å². The Morgan fingerprint density at radius 3 is 2.68 bits per heavy atom. The highest BCUT2D eigenvalue weighted by Crippen LogP contribution is 2.45. The number of ether oxygens (including phenoxy) is 1. The maximum Gasteiger partial charge on any atom is 0.213 e. The van der Waals surface area contributed by atoms with E-state index in [0.717, 1.165) is 57.4 Å². The summed E-state index contributed by atoms with van der Waals surface area (Å²) in [6.07, 6.45) is 2.52. The summed E-state index contributed by atoms with van der Waals surface area (Å²) < 4.78 is 40.9. The molecule has 10 nitrogen and oxygen atoms in total. The minimum absolute atomic E-state index is 0.110. The molecule has 3 aromatic heterocycles. The van der Waals surface area contributed by atoms with Gasteiger partial charge in [-0.1, -0.05) is 11.2 Å². The topological polar surface area (TPSA) is 107 Å². The summed E-state index contributed by atoms with van der Waals surface area (Å²) >= 11 is 0. The first-order chi connectivity index (χ1) is 17.9. The minimum Gasteiger partial charge on any atom is -0.488 e. The molecule has 2 aliphatic heterocycles. The van der Waals surface area contributed by atoms with E-state index in [2.05, 4.69) is 19.6 Å². The van der Waals surface area contributed by atoms with E-state index in [1.165, 1.54) is 0 Å². The number of hydrogen-bond donors (Lipinski definition) is 0. The monoisotopic (exact) mass is 522 g/mol. The van der Waals surface area contributed by atoms with Gasteiger partial charge in [-0.3, -0.25) is 9.55 Å². The van der Waals surface area contributed by atoms with Crippen LogP contribution in [0.5, 0.6) is 5.75 Å². The zero-order chi connectivity index (χ0) is 25.7. The van der Waals surface area contributed by atoms with Gasteiger partial charge < -0.3 is 14.2 Å². The Hall–Kier alpha value is -3.44. The highest BCUT2D eigenvalue weighted by molar-refractivity contribution is 7.89. The van der Waals surface area contributed by atoms with Crippen LogP contribution in [0.1, 0.15) is 36.5 Å². The molecule has 1 fully saturated rings. The fraction of sp³-hybridized carbons (Fsp3) is 0.423. The van der Waals surface area contributed by atoms with Gasteiger partial charge in [-0.15, -0.1) is 0 Å². The third-order valence-corrected chi connectivity index (χ3v) is 9.19. The highest BCUT2D eigenvalue weighted by Gasteiger charge is 2.34. The van der Waals surface area contributed by atoms with Crippen molar-refractivity contribution >= 4 is 27.0 Å². The van der Waals surface area contributed by atoms with E-state index < -0.39 is 10.0 Å². The number of pyridine rings is 1. The summed E-state index contributed by atoms with van der Waals surface area (Å²) in [7, 11) is -3.24. The number of benzene rings is 1. The smallest absolute Gasteiger partial charge is 0.213 e. The van der Waals surface area contributed by atoms with Gasteiger partial charge >= 0.3 is 0 Å². The standard InChI is InChI=1S/C26H30N6O4S/c1-4-37(33,34)31-13-7-12-30(14-15-31)26-28-21-10-9-19(23-17(2)29-36-18(23)3)25-24(21)32(26)22(16-35-25)20-8-5-6-11-27-20/h5-6,8-11,22H,4,7,12-16H2,1-3H3. The molecule has 37 heavy (non-hydrogen) atoms. The molecule has 6 rings (SSSR count). The van der Waals surface area contributed by atoms with Gasteiger partial charge in [0.05, 0.1) is 28.2 Å². The lowest BCUT2D eigenvalue weighted by molar-refractivity contribution is 0.257. The van der Waals surface area contributed by atoms with E-state index in [4.69, 9.17) is 14.2 Å². The molecule has 1 aromatic carbocycles. The Morgan fingerprint density at radius 1 is 1.08 bits per heavy atom. The summed E-state index contributed by atoms with van der Waals surface area (Å²) in [5.41, 5.74) is 5.27. The Morgan fingerprint density at radius 2 is 1.95 bits per heavy atom. The fourth-order valence-electron chi connectivity index (χ4n) is 5.46. The van der Waals surface area contributed by atoms with E-state index in [-0.39, 0.29) is 11.8 Å². The third-order valence-electron chi connectivity index (χ3n) is 7.31. The number of sulfonamides is 1. The van der Waals surface area contributed by atoms with Crippen LogP contribution in [0, 0.1) is 13.8 Å². The second kappa shape index (κ2) is 9.14. The third kappa shape index (κ3) is 3.97.